The number of Topliss-reactive ketones (excluding diaryl/α,β-unsaturated/α-hetero) is 1. The standard InChI is InChI=1S/C13H7N3O2.C13H10N2O/c14-6-7-5-10-11(16-13(7)15)12(17)8-3-1-2-4-9(8)18-10;14-9-6-12-10(13(16)7-9)5-8-3-1-2-4-11(8)15-12/h1-5H,(H2,15,16);1-6H,7,14H2. The van der Waals surface area contributed by atoms with Crippen LogP contribution in [0.2, 0.25) is 0 Å². The zero-order valence-corrected chi connectivity index (χ0v) is 17.8. The lowest BCUT2D eigenvalue weighted by molar-refractivity contribution is 0.0991. The predicted octanol–water partition coefficient (Wildman–Crippen LogP) is 3.92. The number of fused-ring (bicyclic) bond motifs is 4. The van der Waals surface area contributed by atoms with Crippen LogP contribution in [0.15, 0.2) is 75.6 Å². The number of nitrogens with two attached hydrogens (primary N) is 2. The van der Waals surface area contributed by atoms with Crippen LogP contribution in [0.3, 0.4) is 0 Å². The molecule has 0 spiro atoms. The molecule has 1 aliphatic rings. The lowest BCUT2D eigenvalue weighted by Crippen LogP contribution is -2.14. The number of pyridine rings is 2. The number of nitrogen functional groups attached to an aromatic ring is 1. The SMILES string of the molecule is N#Cc1cc2oc3ccccc3c(=O)c2nc1N.NC1=Cc2nc3ccccc3cc2C(=O)C1. The second-order valence-corrected chi connectivity index (χ2v) is 7.74. The number of carbonyl (C=O) groups excluding carboxylic acids is 1. The van der Waals surface area contributed by atoms with E-state index in [1.165, 1.54) is 6.07 Å². The Hall–Kier alpha value is -5.03. The summed E-state index contributed by atoms with van der Waals surface area (Å²) in [5.74, 6) is 0.0841. The Bertz CT molecular complexity index is 1760. The summed E-state index contributed by atoms with van der Waals surface area (Å²) in [6, 6.07) is 19.9. The quantitative estimate of drug-likeness (QED) is 0.339. The maximum Gasteiger partial charge on any atom is 0.219 e. The van der Waals surface area contributed by atoms with Gasteiger partial charge in [0.15, 0.2) is 16.9 Å². The van der Waals surface area contributed by atoms with Crippen LogP contribution in [-0.2, 0) is 0 Å². The van der Waals surface area contributed by atoms with Gasteiger partial charge in [-0.2, -0.15) is 5.26 Å². The first-order chi connectivity index (χ1) is 16.4. The summed E-state index contributed by atoms with van der Waals surface area (Å²) >= 11 is 0. The highest BCUT2D eigenvalue weighted by Crippen LogP contribution is 2.24. The van der Waals surface area contributed by atoms with Crippen molar-refractivity contribution in [3.05, 3.63) is 93.4 Å². The van der Waals surface area contributed by atoms with Crippen LogP contribution in [0.1, 0.15) is 28.0 Å². The third kappa shape index (κ3) is 3.61. The van der Waals surface area contributed by atoms with Crippen molar-refractivity contribution in [2.45, 2.75) is 6.42 Å². The summed E-state index contributed by atoms with van der Waals surface area (Å²) < 4.78 is 5.56. The van der Waals surface area contributed by atoms with Crippen molar-refractivity contribution < 1.29 is 9.21 Å². The molecule has 8 heteroatoms. The molecule has 0 fully saturated rings. The number of rotatable bonds is 0. The first-order valence-electron chi connectivity index (χ1n) is 10.4. The number of ketones is 1. The van der Waals surface area contributed by atoms with Crippen LogP contribution >= 0.6 is 0 Å². The van der Waals surface area contributed by atoms with Crippen LogP contribution in [-0.4, -0.2) is 15.8 Å². The molecule has 164 valence electrons. The summed E-state index contributed by atoms with van der Waals surface area (Å²) in [4.78, 5) is 32.3. The molecule has 2 aromatic carbocycles. The predicted molar refractivity (Wildman–Crippen MR) is 130 cm³/mol. The maximum absolute atomic E-state index is 12.2. The van der Waals surface area contributed by atoms with E-state index < -0.39 is 0 Å². The van der Waals surface area contributed by atoms with E-state index in [2.05, 4.69) is 9.97 Å². The number of nitriles is 1. The summed E-state index contributed by atoms with van der Waals surface area (Å²) in [7, 11) is 0. The molecule has 0 bridgehead atoms. The largest absolute Gasteiger partial charge is 0.454 e. The summed E-state index contributed by atoms with van der Waals surface area (Å²) in [6.45, 7) is 0. The molecular formula is C26H17N5O3. The van der Waals surface area contributed by atoms with Gasteiger partial charge in [0.25, 0.3) is 0 Å². The zero-order chi connectivity index (χ0) is 23.8. The van der Waals surface area contributed by atoms with E-state index in [9.17, 15) is 9.59 Å². The van der Waals surface area contributed by atoms with Gasteiger partial charge in [0.05, 0.1) is 28.6 Å². The number of nitrogens with zero attached hydrogens (tertiary/aromatic N) is 3. The summed E-state index contributed by atoms with van der Waals surface area (Å²) in [6.07, 6.45) is 2.08. The molecule has 3 heterocycles. The molecule has 5 aromatic rings. The van der Waals surface area contributed by atoms with Gasteiger partial charge in [-0.15, -0.1) is 0 Å². The Labute approximate surface area is 192 Å². The topological polar surface area (TPSA) is 149 Å². The van der Waals surface area contributed by atoms with E-state index in [0.29, 0.717) is 34.3 Å². The van der Waals surface area contributed by atoms with Crippen molar-refractivity contribution in [3.63, 3.8) is 0 Å². The third-order valence-electron chi connectivity index (χ3n) is 5.44. The zero-order valence-electron chi connectivity index (χ0n) is 17.8. The summed E-state index contributed by atoms with van der Waals surface area (Å²) in [5.41, 5.74) is 14.9. The van der Waals surface area contributed by atoms with Crippen LogP contribution in [0.4, 0.5) is 5.82 Å². The van der Waals surface area contributed by atoms with E-state index in [1.54, 1.807) is 30.3 Å². The number of allylic oxidation sites excluding steroid dienone is 1. The van der Waals surface area contributed by atoms with E-state index in [1.807, 2.05) is 36.4 Å². The fourth-order valence-corrected chi connectivity index (χ4v) is 3.80. The number of para-hydroxylation sites is 2. The molecule has 34 heavy (non-hydrogen) atoms. The molecule has 0 aliphatic heterocycles. The fourth-order valence-electron chi connectivity index (χ4n) is 3.80. The molecule has 0 radical (unpaired) electrons. The smallest absolute Gasteiger partial charge is 0.219 e. The van der Waals surface area contributed by atoms with Gasteiger partial charge in [0, 0.05) is 22.7 Å². The average Bonchev–Trinajstić information content (AvgIpc) is 2.84. The lowest BCUT2D eigenvalue weighted by atomic mass is 9.97. The van der Waals surface area contributed by atoms with Gasteiger partial charge >= 0.3 is 0 Å². The fraction of sp³-hybridized carbons (Fsp3) is 0.0385. The minimum Gasteiger partial charge on any atom is -0.454 e. The Kier molecular flexibility index (Phi) is 5.00. The molecule has 0 amide bonds. The maximum atomic E-state index is 12.2. The number of aromatic nitrogens is 2. The number of benzene rings is 2. The van der Waals surface area contributed by atoms with Crippen molar-refractivity contribution in [2.24, 2.45) is 5.73 Å². The molecule has 0 unspecified atom stereocenters. The van der Waals surface area contributed by atoms with Crippen molar-refractivity contribution in [3.8, 4) is 6.07 Å². The Morgan fingerprint density at radius 1 is 0.941 bits per heavy atom. The second-order valence-electron chi connectivity index (χ2n) is 7.74. The minimum atomic E-state index is -0.247. The van der Waals surface area contributed by atoms with E-state index in [-0.39, 0.29) is 33.7 Å². The van der Waals surface area contributed by atoms with Gasteiger partial charge in [-0.3, -0.25) is 9.59 Å². The number of anilines is 1. The molecule has 0 atom stereocenters. The van der Waals surface area contributed by atoms with Gasteiger partial charge < -0.3 is 15.9 Å². The normalized spacial score (nSPS) is 12.6. The molecule has 1 aliphatic carbocycles. The van der Waals surface area contributed by atoms with E-state index in [4.69, 9.17) is 21.1 Å². The van der Waals surface area contributed by atoms with Gasteiger partial charge in [0.2, 0.25) is 5.43 Å². The lowest BCUT2D eigenvalue weighted by Gasteiger charge is -2.12. The molecule has 0 saturated heterocycles. The van der Waals surface area contributed by atoms with Crippen LogP contribution in [0.5, 0.6) is 0 Å². The number of hydrogen-bond acceptors (Lipinski definition) is 8. The van der Waals surface area contributed by atoms with Crippen molar-refractivity contribution >= 4 is 50.6 Å². The number of carbonyl (C=O) groups is 1. The molecule has 6 rings (SSSR count). The highest BCUT2D eigenvalue weighted by molar-refractivity contribution is 6.05. The highest BCUT2D eigenvalue weighted by atomic mass is 16.3. The summed E-state index contributed by atoms with van der Waals surface area (Å²) in [5, 5.41) is 10.3. The Morgan fingerprint density at radius 2 is 1.71 bits per heavy atom. The monoisotopic (exact) mass is 447 g/mol. The van der Waals surface area contributed by atoms with Gasteiger partial charge in [0.1, 0.15) is 17.5 Å². The van der Waals surface area contributed by atoms with Crippen molar-refractivity contribution in [1.29, 1.82) is 5.26 Å². The van der Waals surface area contributed by atoms with Gasteiger partial charge in [-0.25, -0.2) is 9.97 Å². The first kappa shape index (κ1) is 20.8. The Balaban J connectivity index is 0.000000142. The van der Waals surface area contributed by atoms with Crippen LogP contribution < -0.4 is 16.9 Å². The van der Waals surface area contributed by atoms with Crippen molar-refractivity contribution in [2.75, 3.05) is 5.73 Å². The van der Waals surface area contributed by atoms with Gasteiger partial charge in [-0.1, -0.05) is 30.3 Å². The third-order valence-corrected chi connectivity index (χ3v) is 5.44. The molecule has 8 nitrogen and oxygen atoms in total. The molecule has 4 N–H and O–H groups in total. The van der Waals surface area contributed by atoms with E-state index in [0.717, 1.165) is 10.9 Å². The van der Waals surface area contributed by atoms with Crippen LogP contribution in [0.25, 0.3) is 39.0 Å². The second kappa shape index (κ2) is 8.15. The van der Waals surface area contributed by atoms with Crippen molar-refractivity contribution in [1.82, 2.24) is 9.97 Å². The minimum absolute atomic E-state index is 0.0348. The first-order valence-corrected chi connectivity index (χ1v) is 10.4. The molecule has 3 aromatic heterocycles. The highest BCUT2D eigenvalue weighted by Gasteiger charge is 2.18. The number of hydrogen-bond donors (Lipinski definition) is 2. The van der Waals surface area contributed by atoms with E-state index >= 15 is 0 Å². The molecular weight excluding hydrogens is 430 g/mol. The molecule has 0 saturated carbocycles. The Morgan fingerprint density at radius 3 is 2.53 bits per heavy atom. The van der Waals surface area contributed by atoms with Gasteiger partial charge in [-0.05, 0) is 30.3 Å². The van der Waals surface area contributed by atoms with Crippen LogP contribution in [0, 0.1) is 11.3 Å². The average molecular weight is 447 g/mol.